The molecule has 14 heteroatoms. The standard InChI is InChI=1S/C54H46N8O6/c1-30(63)55-37-16-8-4-12-33(37)51-41-20-22-43(58-41)52(34-13-5-9-17-38(34)56-31(2)64)45-24-26-47(60-45)54(36-15-7-11-19-40(36)62-49(66)28-29-50(67)68)48-27-25-46(61-48)53(44-23-21-42(51)59-44)35-14-6-10-18-39(35)57-32(3)65/h4-27,50,60-61,67-68H,28-29H2,1-3H3,(H,55,63)(H,56,64)(H,57,65)(H,62,66). The molecule has 68 heavy (non-hydrogen) atoms. The number of fused-ring (bicyclic) bond motifs is 8. The lowest BCUT2D eigenvalue weighted by Gasteiger charge is -2.13. The van der Waals surface area contributed by atoms with Crippen LogP contribution in [0.25, 0.3) is 90.9 Å². The van der Waals surface area contributed by atoms with Gasteiger partial charge in [0, 0.05) is 123 Å². The molecule has 0 unspecified atom stereocenters. The molecule has 9 rings (SSSR count). The molecule has 8 bridgehead atoms. The van der Waals surface area contributed by atoms with E-state index in [1.807, 2.05) is 140 Å². The maximum absolute atomic E-state index is 13.3. The van der Waals surface area contributed by atoms with E-state index in [1.165, 1.54) is 20.8 Å². The lowest BCUT2D eigenvalue weighted by atomic mass is 10.00. The van der Waals surface area contributed by atoms with E-state index in [2.05, 4.69) is 31.2 Å². The van der Waals surface area contributed by atoms with Crippen LogP contribution in [-0.4, -0.2) is 60.1 Å². The Labute approximate surface area is 390 Å². The van der Waals surface area contributed by atoms with Crippen LogP contribution in [0.5, 0.6) is 0 Å². The second-order valence-corrected chi connectivity index (χ2v) is 16.3. The Balaban J connectivity index is 1.46. The van der Waals surface area contributed by atoms with E-state index in [0.717, 1.165) is 0 Å². The van der Waals surface area contributed by atoms with Crippen LogP contribution in [0.1, 0.15) is 56.4 Å². The number of para-hydroxylation sites is 4. The van der Waals surface area contributed by atoms with E-state index >= 15 is 0 Å². The van der Waals surface area contributed by atoms with Crippen LogP contribution < -0.4 is 21.3 Å². The normalized spacial score (nSPS) is 11.7. The van der Waals surface area contributed by atoms with Gasteiger partial charge in [0.1, 0.15) is 0 Å². The van der Waals surface area contributed by atoms with Crippen LogP contribution in [-0.2, 0) is 19.2 Å². The van der Waals surface area contributed by atoms with Crippen LogP contribution in [0.2, 0.25) is 0 Å². The highest BCUT2D eigenvalue weighted by Gasteiger charge is 2.23. The number of hydrogen-bond donors (Lipinski definition) is 8. The Morgan fingerprint density at radius 3 is 1.12 bits per heavy atom. The summed E-state index contributed by atoms with van der Waals surface area (Å²) >= 11 is 0. The summed E-state index contributed by atoms with van der Waals surface area (Å²) in [4.78, 5) is 69.3. The molecule has 4 aromatic carbocycles. The van der Waals surface area contributed by atoms with Crippen molar-refractivity contribution >= 4 is 92.7 Å². The summed E-state index contributed by atoms with van der Waals surface area (Å²) in [7, 11) is 0. The van der Waals surface area contributed by atoms with Crippen molar-refractivity contribution in [2.45, 2.75) is 39.9 Å². The Bertz CT molecular complexity index is 3260. The third-order valence-electron chi connectivity index (χ3n) is 11.4. The summed E-state index contributed by atoms with van der Waals surface area (Å²) in [5, 5.41) is 31.1. The van der Waals surface area contributed by atoms with E-state index in [-0.39, 0.29) is 30.6 Å². The van der Waals surface area contributed by atoms with E-state index in [9.17, 15) is 29.4 Å². The Kier molecular flexibility index (Phi) is 12.4. The van der Waals surface area contributed by atoms with E-state index in [0.29, 0.717) is 112 Å². The predicted molar refractivity (Wildman–Crippen MR) is 270 cm³/mol. The third-order valence-corrected chi connectivity index (χ3v) is 11.4. The number of nitrogens with one attached hydrogen (secondary N) is 6. The highest BCUT2D eigenvalue weighted by Crippen LogP contribution is 2.43. The largest absolute Gasteiger partial charge is 0.368 e. The number of aromatic nitrogens is 4. The summed E-state index contributed by atoms with van der Waals surface area (Å²) in [6.45, 7) is 4.37. The van der Waals surface area contributed by atoms with Crippen molar-refractivity contribution in [3.8, 4) is 44.5 Å². The van der Waals surface area contributed by atoms with Gasteiger partial charge in [-0.1, -0.05) is 72.8 Å². The second kappa shape index (κ2) is 19.0. The summed E-state index contributed by atoms with van der Waals surface area (Å²) in [6, 6.07) is 37.6. The first kappa shape index (κ1) is 44.5. The van der Waals surface area contributed by atoms with Crippen LogP contribution in [0.4, 0.5) is 22.7 Å². The topological polar surface area (TPSA) is 214 Å². The molecule has 2 aliphatic rings. The second-order valence-electron chi connectivity index (χ2n) is 16.3. The first-order chi connectivity index (χ1) is 32.9. The number of aromatic amines is 2. The Morgan fingerprint density at radius 2 is 0.750 bits per heavy atom. The zero-order valence-electron chi connectivity index (χ0n) is 37.3. The van der Waals surface area contributed by atoms with E-state index in [4.69, 9.17) is 9.97 Å². The molecule has 3 aromatic heterocycles. The summed E-state index contributed by atoms with van der Waals surface area (Å²) in [5.41, 5.74) is 12.4. The highest BCUT2D eigenvalue weighted by atomic mass is 16.5. The number of amides is 4. The zero-order chi connectivity index (χ0) is 47.5. The van der Waals surface area contributed by atoms with Gasteiger partial charge >= 0.3 is 0 Å². The minimum atomic E-state index is -1.64. The van der Waals surface area contributed by atoms with Crippen LogP contribution in [0, 0.1) is 0 Å². The number of nitrogens with zero attached hydrogens (tertiary/aromatic N) is 2. The van der Waals surface area contributed by atoms with Crippen LogP contribution >= 0.6 is 0 Å². The van der Waals surface area contributed by atoms with E-state index in [1.54, 1.807) is 6.07 Å². The van der Waals surface area contributed by atoms with Crippen molar-refractivity contribution in [1.82, 2.24) is 19.9 Å². The molecule has 0 radical (unpaired) electrons. The first-order valence-electron chi connectivity index (χ1n) is 21.9. The van der Waals surface area contributed by atoms with Crippen LogP contribution in [0.15, 0.2) is 121 Å². The van der Waals surface area contributed by atoms with Gasteiger partial charge in [0.05, 0.1) is 22.8 Å². The molecule has 7 aromatic rings. The predicted octanol–water partition coefficient (Wildman–Crippen LogP) is 10.2. The number of carbonyl (C=O) groups excluding carboxylic acids is 4. The van der Waals surface area contributed by atoms with Crippen molar-refractivity contribution in [1.29, 1.82) is 0 Å². The summed E-state index contributed by atoms with van der Waals surface area (Å²) in [5.74, 6) is -1.15. The third kappa shape index (κ3) is 9.22. The Morgan fingerprint density at radius 1 is 0.441 bits per heavy atom. The number of carbonyl (C=O) groups is 4. The number of rotatable bonds is 11. The van der Waals surface area contributed by atoms with Gasteiger partial charge in [0.2, 0.25) is 23.6 Å². The minimum absolute atomic E-state index is 0.125. The van der Waals surface area contributed by atoms with Gasteiger partial charge in [-0.3, -0.25) is 19.2 Å². The molecule has 0 saturated carbocycles. The highest BCUT2D eigenvalue weighted by molar-refractivity contribution is 6.07. The molecular weight excluding hydrogens is 857 g/mol. The molecule has 4 amide bonds. The molecule has 0 atom stereocenters. The lowest BCUT2D eigenvalue weighted by Crippen LogP contribution is -2.15. The number of aliphatic hydroxyl groups excluding tert-OH is 1. The monoisotopic (exact) mass is 902 g/mol. The van der Waals surface area contributed by atoms with Gasteiger partial charge in [-0.25, -0.2) is 9.97 Å². The zero-order valence-corrected chi connectivity index (χ0v) is 37.3. The molecule has 338 valence electrons. The fraction of sp³-hybridized carbons (Fsp3) is 0.111. The Hall–Kier alpha value is -8.72. The number of aliphatic hydroxyl groups is 2. The quantitative estimate of drug-likeness (QED) is 0.0583. The maximum Gasteiger partial charge on any atom is 0.224 e. The molecule has 14 nitrogen and oxygen atoms in total. The minimum Gasteiger partial charge on any atom is -0.368 e. The van der Waals surface area contributed by atoms with Crippen molar-refractivity contribution in [3.63, 3.8) is 0 Å². The SMILES string of the molecule is CC(=O)Nc1ccccc1-c1c2nc(c(-c3ccccc3NC(C)=O)c3ccc([nH]3)c(-c3ccccc3NC(=O)CCC(O)O)c3ccc([nH]3)c(-c3ccccc3NC(C)=O)c3nc1C=C3)C=C2. The molecule has 2 aliphatic heterocycles. The van der Waals surface area contributed by atoms with Crippen molar-refractivity contribution in [2.24, 2.45) is 0 Å². The molecule has 0 spiro atoms. The smallest absolute Gasteiger partial charge is 0.224 e. The molecule has 8 N–H and O–H groups in total. The molecule has 0 fully saturated rings. The fourth-order valence-electron chi connectivity index (χ4n) is 8.62. The van der Waals surface area contributed by atoms with Gasteiger partial charge in [-0.05, 0) is 72.8 Å². The van der Waals surface area contributed by atoms with Crippen molar-refractivity contribution < 1.29 is 29.4 Å². The molecule has 0 saturated heterocycles. The van der Waals surface area contributed by atoms with Crippen molar-refractivity contribution in [2.75, 3.05) is 21.3 Å². The van der Waals surface area contributed by atoms with Crippen LogP contribution in [0.3, 0.4) is 0 Å². The molecule has 0 aliphatic carbocycles. The number of hydrogen-bond acceptors (Lipinski definition) is 8. The lowest BCUT2D eigenvalue weighted by molar-refractivity contribution is -0.119. The number of benzene rings is 4. The summed E-state index contributed by atoms with van der Waals surface area (Å²) < 4.78 is 0. The van der Waals surface area contributed by atoms with Gasteiger partial charge in [-0.15, -0.1) is 0 Å². The van der Waals surface area contributed by atoms with Gasteiger partial charge in [0.15, 0.2) is 6.29 Å². The summed E-state index contributed by atoms with van der Waals surface area (Å²) in [6.07, 6.45) is 5.74. The molecular formula is C54H46N8O6. The number of H-pyrrole nitrogens is 2. The average Bonchev–Trinajstić information content (AvgIpc) is 4.16. The van der Waals surface area contributed by atoms with Gasteiger partial charge in [-0.2, -0.15) is 0 Å². The molecule has 5 heterocycles. The number of anilines is 4. The van der Waals surface area contributed by atoms with Gasteiger partial charge in [0.25, 0.3) is 0 Å². The average molecular weight is 903 g/mol. The maximum atomic E-state index is 13.3. The van der Waals surface area contributed by atoms with E-state index < -0.39 is 12.2 Å². The fourth-order valence-corrected chi connectivity index (χ4v) is 8.62. The van der Waals surface area contributed by atoms with Gasteiger partial charge < -0.3 is 41.4 Å². The first-order valence-corrected chi connectivity index (χ1v) is 21.9. The van der Waals surface area contributed by atoms with Crippen molar-refractivity contribution in [3.05, 3.63) is 144 Å².